The number of hydrogen-bond acceptors (Lipinski definition) is 4. The Kier molecular flexibility index (Phi) is 6.34. The van der Waals surface area contributed by atoms with Crippen molar-refractivity contribution in [2.45, 2.75) is 43.5 Å². The number of hydrogen-bond donors (Lipinski definition) is 0. The van der Waals surface area contributed by atoms with Gasteiger partial charge < -0.3 is 4.74 Å². The van der Waals surface area contributed by atoms with Gasteiger partial charge in [-0.25, -0.2) is 0 Å². The molecule has 0 aliphatic heterocycles. The van der Waals surface area contributed by atoms with Gasteiger partial charge in [0.25, 0.3) is 0 Å². The van der Waals surface area contributed by atoms with Crippen molar-refractivity contribution in [2.24, 2.45) is 0 Å². The van der Waals surface area contributed by atoms with Crippen LogP contribution in [0.3, 0.4) is 0 Å². The minimum Gasteiger partial charge on any atom is -0.435 e. The largest absolute Gasteiger partial charge is 0.435 e. The van der Waals surface area contributed by atoms with Crippen LogP contribution in [-0.4, -0.2) is 14.5 Å². The minimum atomic E-state index is -4.28. The van der Waals surface area contributed by atoms with E-state index in [9.17, 15) is 8.42 Å². The van der Waals surface area contributed by atoms with E-state index in [2.05, 4.69) is 0 Å². The first-order chi connectivity index (χ1) is 11.5. The summed E-state index contributed by atoms with van der Waals surface area (Å²) >= 11 is 0. The van der Waals surface area contributed by atoms with E-state index in [-0.39, 0.29) is 17.1 Å². The van der Waals surface area contributed by atoms with Crippen molar-refractivity contribution < 1.29 is 21.7 Å². The molecule has 24 heavy (non-hydrogen) atoms. The molecule has 0 saturated carbocycles. The second-order valence-corrected chi connectivity index (χ2v) is 6.93. The Morgan fingerprint density at radius 2 is 1.54 bits per heavy atom. The molecule has 1 atom stereocenters. The monoisotopic (exact) mass is 352 g/mol. The first-order valence-electron chi connectivity index (χ1n) is 7.89. The van der Waals surface area contributed by atoms with Crippen molar-refractivity contribution in [3.8, 4) is 5.75 Å². The van der Waals surface area contributed by atoms with Gasteiger partial charge in [0, 0.05) is 6.42 Å². The second kappa shape index (κ2) is 8.26. The number of benzene rings is 2. The molecular formula is C18H21FO4S. The molecule has 130 valence electrons. The number of halogens is 1. The van der Waals surface area contributed by atoms with Gasteiger partial charge in [-0.2, -0.15) is 17.0 Å². The molecule has 0 saturated heterocycles. The summed E-state index contributed by atoms with van der Waals surface area (Å²) in [6.45, 7) is 1.97. The molecule has 0 spiro atoms. The van der Waals surface area contributed by atoms with E-state index in [1.165, 1.54) is 12.1 Å². The Hall–Kier alpha value is -1.92. The summed E-state index contributed by atoms with van der Waals surface area (Å²) in [6.07, 6.45) is 1.89. The van der Waals surface area contributed by atoms with Crippen molar-refractivity contribution >= 4 is 10.1 Å². The van der Waals surface area contributed by atoms with E-state index in [0.29, 0.717) is 6.42 Å². The van der Waals surface area contributed by atoms with Crippen LogP contribution in [0.2, 0.25) is 0 Å². The normalized spacial score (nSPS) is 14.1. The predicted molar refractivity (Wildman–Crippen MR) is 89.8 cm³/mol. The lowest BCUT2D eigenvalue weighted by Gasteiger charge is -2.25. The van der Waals surface area contributed by atoms with Crippen LogP contribution < -0.4 is 4.74 Å². The maximum Gasteiger partial charge on any atom is 0.377 e. The van der Waals surface area contributed by atoms with E-state index in [4.69, 9.17) is 8.92 Å². The standard InChI is InChI=1S/C18H21FO4S/c1-2-3-10-15-18(19,22-16-11-6-4-7-12-16)23-24(20,21)17-13-8-5-9-14-17/h4-9,11-14H,2-3,10,15H2,1H3. The highest BCUT2D eigenvalue weighted by Crippen LogP contribution is 2.30. The van der Waals surface area contributed by atoms with Crippen molar-refractivity contribution in [2.75, 3.05) is 0 Å². The summed E-state index contributed by atoms with van der Waals surface area (Å²) in [4.78, 5) is -0.112. The van der Waals surface area contributed by atoms with Gasteiger partial charge in [-0.3, -0.25) is 0 Å². The average molecular weight is 352 g/mol. The molecule has 0 heterocycles. The van der Waals surface area contributed by atoms with E-state index in [1.54, 1.807) is 48.5 Å². The molecule has 0 fully saturated rings. The molecule has 2 aromatic carbocycles. The fourth-order valence-electron chi connectivity index (χ4n) is 2.16. The molecule has 0 aromatic heterocycles. The summed E-state index contributed by atoms with van der Waals surface area (Å²) in [6, 6.07) is 12.9. The first kappa shape index (κ1) is 18.4. The molecule has 0 aliphatic rings. The molecule has 6 heteroatoms. The summed E-state index contributed by atoms with van der Waals surface area (Å²) in [5, 5.41) is 0. The highest BCUT2D eigenvalue weighted by Gasteiger charge is 2.39. The van der Waals surface area contributed by atoms with Crippen molar-refractivity contribution in [1.82, 2.24) is 0 Å². The zero-order chi connectivity index (χ0) is 17.5. The zero-order valence-electron chi connectivity index (χ0n) is 13.5. The van der Waals surface area contributed by atoms with Gasteiger partial charge in [-0.05, 0) is 30.7 Å². The van der Waals surface area contributed by atoms with Crippen LogP contribution in [0.5, 0.6) is 5.75 Å². The molecule has 1 unspecified atom stereocenters. The van der Waals surface area contributed by atoms with Crippen LogP contribution in [-0.2, 0) is 14.3 Å². The minimum absolute atomic E-state index is 0.112. The van der Waals surface area contributed by atoms with Crippen LogP contribution in [0.1, 0.15) is 32.6 Å². The number of rotatable bonds is 9. The maximum absolute atomic E-state index is 15.2. The first-order valence-corrected chi connectivity index (χ1v) is 9.30. The number of alkyl halides is 1. The van der Waals surface area contributed by atoms with E-state index < -0.39 is 16.2 Å². The van der Waals surface area contributed by atoms with Crippen LogP contribution in [0.15, 0.2) is 65.6 Å². The van der Waals surface area contributed by atoms with E-state index in [0.717, 1.165) is 12.8 Å². The number of ether oxygens (including phenoxy) is 1. The molecule has 0 amide bonds. The highest BCUT2D eigenvalue weighted by molar-refractivity contribution is 7.86. The molecule has 0 N–H and O–H groups in total. The molecule has 2 rings (SSSR count). The van der Waals surface area contributed by atoms with Crippen LogP contribution in [0, 0.1) is 0 Å². The molecule has 0 bridgehead atoms. The van der Waals surface area contributed by atoms with Gasteiger partial charge in [0.05, 0.1) is 4.90 Å². The second-order valence-electron chi connectivity index (χ2n) is 5.38. The summed E-state index contributed by atoms with van der Waals surface area (Å²) in [5.41, 5.74) is 0. The smallest absolute Gasteiger partial charge is 0.377 e. The van der Waals surface area contributed by atoms with Crippen molar-refractivity contribution in [3.63, 3.8) is 0 Å². The lowest BCUT2D eigenvalue weighted by molar-refractivity contribution is -0.218. The van der Waals surface area contributed by atoms with Crippen LogP contribution in [0.25, 0.3) is 0 Å². The van der Waals surface area contributed by atoms with E-state index >= 15 is 4.39 Å². The third-order valence-corrected chi connectivity index (χ3v) is 4.68. The topological polar surface area (TPSA) is 52.6 Å². The van der Waals surface area contributed by atoms with Gasteiger partial charge >= 0.3 is 16.2 Å². The summed E-state index contributed by atoms with van der Waals surface area (Å²) in [5.74, 6) is 0.208. The highest BCUT2D eigenvalue weighted by atomic mass is 32.2. The quantitative estimate of drug-likeness (QED) is 0.374. The summed E-state index contributed by atoms with van der Waals surface area (Å²) in [7, 11) is -4.28. The summed E-state index contributed by atoms with van der Waals surface area (Å²) < 4.78 is 49.9. The van der Waals surface area contributed by atoms with Gasteiger partial charge in [-0.1, -0.05) is 56.2 Å². The van der Waals surface area contributed by atoms with Gasteiger partial charge in [0.15, 0.2) is 0 Å². The van der Waals surface area contributed by atoms with Gasteiger partial charge in [0.2, 0.25) is 0 Å². The fraction of sp³-hybridized carbons (Fsp3) is 0.333. The van der Waals surface area contributed by atoms with Gasteiger partial charge in [-0.15, -0.1) is 0 Å². The molecule has 4 nitrogen and oxygen atoms in total. The van der Waals surface area contributed by atoms with Gasteiger partial charge in [0.1, 0.15) is 5.75 Å². The molecule has 0 aliphatic carbocycles. The van der Waals surface area contributed by atoms with Crippen molar-refractivity contribution in [1.29, 1.82) is 0 Å². The molecule has 0 radical (unpaired) electrons. The number of unbranched alkanes of at least 4 members (excludes halogenated alkanes) is 2. The Morgan fingerprint density at radius 1 is 0.958 bits per heavy atom. The average Bonchev–Trinajstić information content (AvgIpc) is 2.56. The Balaban J connectivity index is 2.22. The third-order valence-electron chi connectivity index (χ3n) is 3.36. The Bertz CT molecular complexity index is 719. The maximum atomic E-state index is 15.2. The predicted octanol–water partition coefficient (Wildman–Crippen LogP) is 4.67. The zero-order valence-corrected chi connectivity index (χ0v) is 14.3. The lowest BCUT2D eigenvalue weighted by atomic mass is 10.2. The fourth-order valence-corrected chi connectivity index (χ4v) is 3.19. The van der Waals surface area contributed by atoms with Crippen molar-refractivity contribution in [3.05, 3.63) is 60.7 Å². The van der Waals surface area contributed by atoms with Crippen LogP contribution >= 0.6 is 0 Å². The molecular weight excluding hydrogens is 331 g/mol. The third kappa shape index (κ3) is 5.32. The Labute approximate surface area is 142 Å². The lowest BCUT2D eigenvalue weighted by Crippen LogP contribution is -2.36. The van der Waals surface area contributed by atoms with E-state index in [1.807, 2.05) is 6.92 Å². The Morgan fingerprint density at radius 3 is 2.12 bits per heavy atom. The van der Waals surface area contributed by atoms with Crippen LogP contribution in [0.4, 0.5) is 4.39 Å². The number of para-hydroxylation sites is 1. The SMILES string of the molecule is CCCCCC(F)(Oc1ccccc1)OS(=O)(=O)c1ccccc1. The molecule has 2 aromatic rings.